The van der Waals surface area contributed by atoms with Crippen molar-refractivity contribution in [2.75, 3.05) is 11.9 Å². The number of anilines is 1. The summed E-state index contributed by atoms with van der Waals surface area (Å²) in [4.78, 5) is 26.7. The molecular weight excluding hydrogens is 332 g/mol. The number of aryl methyl sites for hydroxylation is 1. The van der Waals surface area contributed by atoms with Crippen molar-refractivity contribution in [1.29, 1.82) is 0 Å². The molecule has 132 valence electrons. The number of fused-ring (bicyclic) bond motifs is 1. The Morgan fingerprint density at radius 3 is 2.69 bits per heavy atom. The van der Waals surface area contributed by atoms with Crippen molar-refractivity contribution in [3.05, 3.63) is 71.4 Å². The summed E-state index contributed by atoms with van der Waals surface area (Å²) < 4.78 is 7.08. The number of nitrogens with zero attached hydrogens (tertiary/aromatic N) is 3. The third-order valence-corrected chi connectivity index (χ3v) is 4.41. The number of carbonyl (C=O) groups is 2. The quantitative estimate of drug-likeness (QED) is 0.787. The molecule has 2 amide bonds. The average Bonchev–Trinajstić information content (AvgIpc) is 3.27. The zero-order chi connectivity index (χ0) is 18.1. The number of nitrogens with one attached hydrogen (secondary N) is 1. The number of hydrogen-bond acceptors (Lipinski definition) is 4. The second-order valence-electron chi connectivity index (χ2n) is 6.22. The molecule has 0 saturated heterocycles. The van der Waals surface area contributed by atoms with Gasteiger partial charge in [-0.3, -0.25) is 14.3 Å². The van der Waals surface area contributed by atoms with Crippen LogP contribution in [0.15, 0.2) is 53.1 Å². The first-order valence-electron chi connectivity index (χ1n) is 8.38. The first-order chi connectivity index (χ1) is 12.6. The lowest BCUT2D eigenvalue weighted by atomic mass is 10.2. The number of amides is 2. The SMILES string of the molecule is Cc1ccoc1C(=O)N1CCn2nc(C(=O)Nc3ccccc3)cc2C1. The van der Waals surface area contributed by atoms with Crippen LogP contribution >= 0.6 is 0 Å². The van der Waals surface area contributed by atoms with E-state index >= 15 is 0 Å². The molecule has 26 heavy (non-hydrogen) atoms. The number of furan rings is 1. The van der Waals surface area contributed by atoms with Crippen LogP contribution in [-0.4, -0.2) is 33.0 Å². The Morgan fingerprint density at radius 1 is 1.15 bits per heavy atom. The number of hydrogen-bond donors (Lipinski definition) is 1. The van der Waals surface area contributed by atoms with E-state index in [1.54, 1.807) is 21.7 Å². The molecule has 7 nitrogen and oxygen atoms in total. The third-order valence-electron chi connectivity index (χ3n) is 4.41. The van der Waals surface area contributed by atoms with Crippen molar-refractivity contribution in [2.24, 2.45) is 0 Å². The molecule has 3 heterocycles. The fourth-order valence-electron chi connectivity index (χ4n) is 3.00. The van der Waals surface area contributed by atoms with E-state index in [-0.39, 0.29) is 11.8 Å². The minimum absolute atomic E-state index is 0.143. The van der Waals surface area contributed by atoms with Gasteiger partial charge < -0.3 is 14.6 Å². The molecule has 2 aromatic heterocycles. The van der Waals surface area contributed by atoms with Crippen molar-refractivity contribution in [3.8, 4) is 0 Å². The molecule has 0 atom stereocenters. The molecule has 0 fully saturated rings. The van der Waals surface area contributed by atoms with E-state index in [2.05, 4.69) is 10.4 Å². The van der Waals surface area contributed by atoms with Crippen LogP contribution in [0.25, 0.3) is 0 Å². The van der Waals surface area contributed by atoms with Gasteiger partial charge in [0.1, 0.15) is 0 Å². The van der Waals surface area contributed by atoms with Gasteiger partial charge >= 0.3 is 0 Å². The van der Waals surface area contributed by atoms with E-state index < -0.39 is 0 Å². The van der Waals surface area contributed by atoms with Gasteiger partial charge in [-0.1, -0.05) is 18.2 Å². The van der Waals surface area contributed by atoms with Gasteiger partial charge in [0.15, 0.2) is 11.5 Å². The van der Waals surface area contributed by atoms with Crippen molar-refractivity contribution in [1.82, 2.24) is 14.7 Å². The summed E-state index contributed by atoms with van der Waals surface area (Å²) in [6.45, 7) is 3.30. The van der Waals surface area contributed by atoms with E-state index in [9.17, 15) is 9.59 Å². The fraction of sp³-hybridized carbons (Fsp3) is 0.211. The van der Waals surface area contributed by atoms with Gasteiger partial charge in [0.2, 0.25) is 0 Å². The summed E-state index contributed by atoms with van der Waals surface area (Å²) in [5, 5.41) is 7.19. The summed E-state index contributed by atoms with van der Waals surface area (Å²) in [5.74, 6) is -0.0481. The summed E-state index contributed by atoms with van der Waals surface area (Å²) in [6.07, 6.45) is 1.52. The lowest BCUT2D eigenvalue weighted by Crippen LogP contribution is -2.38. The molecule has 1 aliphatic rings. The van der Waals surface area contributed by atoms with Crippen LogP contribution in [0.3, 0.4) is 0 Å². The first kappa shape index (κ1) is 16.1. The molecule has 3 aromatic rings. The lowest BCUT2D eigenvalue weighted by molar-refractivity contribution is 0.0672. The van der Waals surface area contributed by atoms with Crippen LogP contribution in [-0.2, 0) is 13.1 Å². The Balaban J connectivity index is 1.49. The normalized spacial score (nSPS) is 13.3. The van der Waals surface area contributed by atoms with Crippen LogP contribution in [0.2, 0.25) is 0 Å². The van der Waals surface area contributed by atoms with Crippen LogP contribution in [0.1, 0.15) is 32.3 Å². The molecule has 7 heteroatoms. The smallest absolute Gasteiger partial charge is 0.290 e. The van der Waals surface area contributed by atoms with Crippen LogP contribution in [0, 0.1) is 6.92 Å². The zero-order valence-corrected chi connectivity index (χ0v) is 14.3. The summed E-state index contributed by atoms with van der Waals surface area (Å²) in [7, 11) is 0. The Morgan fingerprint density at radius 2 is 1.96 bits per heavy atom. The molecule has 0 radical (unpaired) electrons. The number of aromatic nitrogens is 2. The third kappa shape index (κ3) is 2.99. The maximum Gasteiger partial charge on any atom is 0.290 e. The first-order valence-corrected chi connectivity index (χ1v) is 8.38. The molecule has 1 aromatic carbocycles. The van der Waals surface area contributed by atoms with E-state index in [4.69, 9.17) is 4.42 Å². The summed E-state index contributed by atoms with van der Waals surface area (Å²) in [5.41, 5.74) is 2.70. The second kappa shape index (κ2) is 6.51. The largest absolute Gasteiger partial charge is 0.459 e. The number of benzene rings is 1. The summed E-state index contributed by atoms with van der Waals surface area (Å²) >= 11 is 0. The van der Waals surface area contributed by atoms with Crippen molar-refractivity contribution >= 4 is 17.5 Å². The van der Waals surface area contributed by atoms with E-state index in [1.807, 2.05) is 37.3 Å². The highest BCUT2D eigenvalue weighted by atomic mass is 16.3. The van der Waals surface area contributed by atoms with Gasteiger partial charge in [-0.15, -0.1) is 0 Å². The standard InChI is InChI=1S/C19H18N4O3/c1-13-7-10-26-17(13)19(25)22-8-9-23-15(12-22)11-16(21-23)18(24)20-14-5-3-2-4-6-14/h2-7,10-11H,8-9,12H2,1H3,(H,20,24). The molecule has 4 rings (SSSR count). The highest BCUT2D eigenvalue weighted by molar-refractivity contribution is 6.03. The van der Waals surface area contributed by atoms with Gasteiger partial charge in [0, 0.05) is 17.8 Å². The maximum absolute atomic E-state index is 12.6. The van der Waals surface area contributed by atoms with Crippen LogP contribution in [0.4, 0.5) is 5.69 Å². The van der Waals surface area contributed by atoms with Gasteiger partial charge in [-0.25, -0.2) is 0 Å². The molecule has 0 bridgehead atoms. The van der Waals surface area contributed by atoms with Crippen molar-refractivity contribution in [3.63, 3.8) is 0 Å². The predicted octanol–water partition coefficient (Wildman–Crippen LogP) is 2.69. The van der Waals surface area contributed by atoms with Crippen molar-refractivity contribution < 1.29 is 14.0 Å². The Labute approximate surface area is 150 Å². The Bertz CT molecular complexity index is 958. The fourth-order valence-corrected chi connectivity index (χ4v) is 3.00. The predicted molar refractivity (Wildman–Crippen MR) is 94.8 cm³/mol. The Hall–Kier alpha value is -3.35. The highest BCUT2D eigenvalue weighted by Crippen LogP contribution is 2.19. The minimum Gasteiger partial charge on any atom is -0.459 e. The number of para-hydroxylation sites is 1. The van der Waals surface area contributed by atoms with Gasteiger partial charge in [-0.05, 0) is 31.2 Å². The Kier molecular flexibility index (Phi) is 4.04. The van der Waals surface area contributed by atoms with Crippen LogP contribution in [0.5, 0.6) is 0 Å². The molecule has 0 saturated carbocycles. The van der Waals surface area contributed by atoms with E-state index in [0.717, 1.165) is 11.3 Å². The van der Waals surface area contributed by atoms with Crippen LogP contribution < -0.4 is 5.32 Å². The monoisotopic (exact) mass is 350 g/mol. The molecule has 0 aliphatic carbocycles. The minimum atomic E-state index is -0.266. The maximum atomic E-state index is 12.6. The molecular formula is C19H18N4O3. The number of carbonyl (C=O) groups excluding carboxylic acids is 2. The van der Waals surface area contributed by atoms with E-state index in [0.29, 0.717) is 36.8 Å². The van der Waals surface area contributed by atoms with E-state index in [1.165, 1.54) is 6.26 Å². The van der Waals surface area contributed by atoms with Gasteiger partial charge in [0.05, 0.1) is 25.0 Å². The number of rotatable bonds is 3. The zero-order valence-electron chi connectivity index (χ0n) is 14.3. The molecule has 1 aliphatic heterocycles. The van der Waals surface area contributed by atoms with Gasteiger partial charge in [0.25, 0.3) is 11.8 Å². The molecule has 0 spiro atoms. The van der Waals surface area contributed by atoms with Crippen molar-refractivity contribution in [2.45, 2.75) is 20.0 Å². The topological polar surface area (TPSA) is 80.4 Å². The summed E-state index contributed by atoms with van der Waals surface area (Å²) in [6, 6.07) is 12.7. The highest BCUT2D eigenvalue weighted by Gasteiger charge is 2.27. The molecule has 0 unspecified atom stereocenters. The van der Waals surface area contributed by atoms with Gasteiger partial charge in [-0.2, -0.15) is 5.10 Å². The lowest BCUT2D eigenvalue weighted by Gasteiger charge is -2.27. The molecule has 1 N–H and O–H groups in total. The average molecular weight is 350 g/mol. The second-order valence-corrected chi connectivity index (χ2v) is 6.22.